The van der Waals surface area contributed by atoms with Crippen molar-refractivity contribution in [2.24, 2.45) is 0 Å². The van der Waals surface area contributed by atoms with Crippen LogP contribution in [0.3, 0.4) is 0 Å². The normalized spacial score (nSPS) is 7.90. The van der Waals surface area contributed by atoms with E-state index in [0.717, 1.165) is 0 Å². The standard InChI is InChI=1S/2C10H8.C7H8.2C6H6.5C2H6/c2*1-2-6-10-8-4-3-7-9(10)5-1;1-7-5-3-2-4-6-7;2*1-2-4-6-5-3-1;5*1-2/h2*1-8H;2-6H,1H3;2*1-6H;5*1-2H3. The molecule has 0 atom stereocenters. The van der Waals surface area contributed by atoms with E-state index in [1.165, 1.54) is 27.1 Å². The van der Waals surface area contributed by atoms with Crippen LogP contribution >= 0.6 is 0 Å². The second-order valence-electron chi connectivity index (χ2n) is 8.66. The second-order valence-corrected chi connectivity index (χ2v) is 8.66. The molecule has 0 bridgehead atoms. The fourth-order valence-electron chi connectivity index (χ4n) is 3.57. The van der Waals surface area contributed by atoms with E-state index in [1.54, 1.807) is 0 Å². The lowest BCUT2D eigenvalue weighted by Gasteiger charge is -1.92. The Morgan fingerprint density at radius 3 is 0.429 bits per heavy atom. The zero-order valence-electron chi connectivity index (χ0n) is 32.6. The first-order valence-corrected chi connectivity index (χ1v) is 18.2. The van der Waals surface area contributed by atoms with E-state index < -0.39 is 0 Å². The molecule has 262 valence electrons. The molecular formula is C49H66. The topological polar surface area (TPSA) is 0 Å². The lowest BCUT2D eigenvalue weighted by Crippen LogP contribution is -1.67. The molecule has 49 heavy (non-hydrogen) atoms. The van der Waals surface area contributed by atoms with Crippen molar-refractivity contribution in [1.29, 1.82) is 0 Å². The minimum Gasteiger partial charge on any atom is -0.0683 e. The molecule has 0 radical (unpaired) electrons. The van der Waals surface area contributed by atoms with E-state index in [-0.39, 0.29) is 0 Å². The van der Waals surface area contributed by atoms with Crippen LogP contribution in [0.15, 0.2) is 200 Å². The van der Waals surface area contributed by atoms with Crippen molar-refractivity contribution < 1.29 is 0 Å². The molecule has 0 saturated heterocycles. The Hall–Kier alpha value is -4.94. The number of aryl methyl sites for hydroxylation is 1. The van der Waals surface area contributed by atoms with Crippen LogP contribution in [0.2, 0.25) is 0 Å². The molecule has 0 saturated carbocycles. The second kappa shape index (κ2) is 41.1. The zero-order chi connectivity index (χ0) is 37.2. The van der Waals surface area contributed by atoms with E-state index >= 15 is 0 Å². The fourth-order valence-corrected chi connectivity index (χ4v) is 3.57. The summed E-state index contributed by atoms with van der Waals surface area (Å²) in [4.78, 5) is 0. The molecular weight excluding hydrogens is 589 g/mol. The third-order valence-corrected chi connectivity index (χ3v) is 5.59. The maximum Gasteiger partial charge on any atom is -0.0184 e. The van der Waals surface area contributed by atoms with Crippen LogP contribution in [-0.2, 0) is 0 Å². The van der Waals surface area contributed by atoms with Gasteiger partial charge in [-0.2, -0.15) is 0 Å². The first-order chi connectivity index (χ1) is 24.3. The summed E-state index contributed by atoms with van der Waals surface area (Å²) in [6, 6.07) is 67.7. The number of fused-ring (bicyclic) bond motifs is 2. The average molecular weight is 655 g/mol. The van der Waals surface area contributed by atoms with Crippen LogP contribution in [0, 0.1) is 6.92 Å². The van der Waals surface area contributed by atoms with Crippen molar-refractivity contribution in [3.05, 3.63) is 206 Å². The van der Waals surface area contributed by atoms with Crippen LogP contribution in [0.25, 0.3) is 21.5 Å². The van der Waals surface area contributed by atoms with Gasteiger partial charge in [-0.15, -0.1) is 0 Å². The number of rotatable bonds is 0. The molecule has 7 rings (SSSR count). The summed E-state index contributed by atoms with van der Waals surface area (Å²) in [6.45, 7) is 22.1. The van der Waals surface area contributed by atoms with Crippen LogP contribution in [-0.4, -0.2) is 0 Å². The molecule has 0 heterocycles. The third-order valence-electron chi connectivity index (χ3n) is 5.59. The van der Waals surface area contributed by atoms with Gasteiger partial charge in [-0.05, 0) is 28.5 Å². The molecule has 0 aliphatic carbocycles. The van der Waals surface area contributed by atoms with Gasteiger partial charge in [-0.25, -0.2) is 0 Å². The zero-order valence-corrected chi connectivity index (χ0v) is 32.6. The SMILES string of the molecule is CC.CC.CC.CC.CC.Cc1ccccc1.c1ccc2ccccc2c1.c1ccc2ccccc2c1.c1ccccc1.c1ccccc1. The van der Waals surface area contributed by atoms with Crippen molar-refractivity contribution >= 4 is 21.5 Å². The Labute approximate surface area is 302 Å². The fraction of sp³-hybridized carbons (Fsp3) is 0.224. The summed E-state index contributed by atoms with van der Waals surface area (Å²) in [5.74, 6) is 0. The van der Waals surface area contributed by atoms with Crippen molar-refractivity contribution in [2.75, 3.05) is 0 Å². The molecule has 7 aromatic rings. The molecule has 0 unspecified atom stereocenters. The highest BCUT2D eigenvalue weighted by Gasteiger charge is 1.86. The van der Waals surface area contributed by atoms with Gasteiger partial charge < -0.3 is 0 Å². The first kappa shape index (κ1) is 48.5. The van der Waals surface area contributed by atoms with Crippen molar-refractivity contribution in [2.45, 2.75) is 76.2 Å². The van der Waals surface area contributed by atoms with Gasteiger partial charge in [0, 0.05) is 0 Å². The van der Waals surface area contributed by atoms with Crippen LogP contribution < -0.4 is 0 Å². The van der Waals surface area contributed by atoms with Gasteiger partial charge in [0.25, 0.3) is 0 Å². The molecule has 0 N–H and O–H groups in total. The highest BCUT2D eigenvalue weighted by Crippen LogP contribution is 2.12. The Kier molecular flexibility index (Phi) is 40.6. The lowest BCUT2D eigenvalue weighted by molar-refractivity contribution is 1.48. The monoisotopic (exact) mass is 655 g/mol. The lowest BCUT2D eigenvalue weighted by atomic mass is 10.1. The number of hydrogen-bond acceptors (Lipinski definition) is 0. The molecule has 0 fully saturated rings. The Morgan fingerprint density at radius 1 is 0.184 bits per heavy atom. The van der Waals surface area contributed by atoms with Gasteiger partial charge in [0.05, 0.1) is 0 Å². The Morgan fingerprint density at radius 2 is 0.306 bits per heavy atom. The summed E-state index contributed by atoms with van der Waals surface area (Å²) < 4.78 is 0. The van der Waals surface area contributed by atoms with E-state index in [4.69, 9.17) is 0 Å². The minimum absolute atomic E-state index is 1.31. The largest absolute Gasteiger partial charge is 0.0683 e. The molecule has 0 heteroatoms. The van der Waals surface area contributed by atoms with E-state index in [0.29, 0.717) is 0 Å². The van der Waals surface area contributed by atoms with E-state index in [1.807, 2.05) is 160 Å². The van der Waals surface area contributed by atoms with Crippen molar-refractivity contribution in [1.82, 2.24) is 0 Å². The summed E-state index contributed by atoms with van der Waals surface area (Å²) in [5, 5.41) is 5.24. The van der Waals surface area contributed by atoms with Crippen LogP contribution in [0.1, 0.15) is 74.8 Å². The van der Waals surface area contributed by atoms with Gasteiger partial charge in [0.1, 0.15) is 0 Å². The van der Waals surface area contributed by atoms with Gasteiger partial charge in [0.2, 0.25) is 0 Å². The van der Waals surface area contributed by atoms with Crippen LogP contribution in [0.5, 0.6) is 0 Å². The van der Waals surface area contributed by atoms with Gasteiger partial charge in [0.15, 0.2) is 0 Å². The van der Waals surface area contributed by atoms with Crippen molar-refractivity contribution in [3.8, 4) is 0 Å². The molecule has 7 aromatic carbocycles. The van der Waals surface area contributed by atoms with Crippen molar-refractivity contribution in [3.63, 3.8) is 0 Å². The Balaban J connectivity index is -0.000000513. The summed E-state index contributed by atoms with van der Waals surface area (Å²) in [5.41, 5.74) is 1.32. The molecule has 0 aliphatic rings. The minimum atomic E-state index is 1.31. The van der Waals surface area contributed by atoms with E-state index in [2.05, 4.69) is 116 Å². The van der Waals surface area contributed by atoms with Gasteiger partial charge in [-0.1, -0.05) is 275 Å². The number of benzene rings is 7. The maximum atomic E-state index is 2.12. The van der Waals surface area contributed by atoms with Gasteiger partial charge in [-0.3, -0.25) is 0 Å². The smallest absolute Gasteiger partial charge is 0.0184 e. The predicted molar refractivity (Wildman–Crippen MR) is 229 cm³/mol. The molecule has 0 nitrogen and oxygen atoms in total. The maximum absolute atomic E-state index is 2.12. The average Bonchev–Trinajstić information content (AvgIpc) is 3.24. The molecule has 0 spiro atoms. The molecule has 0 aromatic heterocycles. The first-order valence-electron chi connectivity index (χ1n) is 18.2. The predicted octanol–water partition coefficient (Wildman–Crippen LogP) is 16.2. The van der Waals surface area contributed by atoms with E-state index in [9.17, 15) is 0 Å². The third kappa shape index (κ3) is 27.8. The molecule has 0 aliphatic heterocycles. The quantitative estimate of drug-likeness (QED) is 0.153. The highest BCUT2D eigenvalue weighted by molar-refractivity contribution is 5.82. The summed E-state index contributed by atoms with van der Waals surface area (Å²) >= 11 is 0. The molecule has 0 amide bonds. The number of hydrogen-bond donors (Lipinski definition) is 0. The van der Waals surface area contributed by atoms with Gasteiger partial charge >= 0.3 is 0 Å². The van der Waals surface area contributed by atoms with Crippen LogP contribution in [0.4, 0.5) is 0 Å². The summed E-state index contributed by atoms with van der Waals surface area (Å²) in [7, 11) is 0. The summed E-state index contributed by atoms with van der Waals surface area (Å²) in [6.07, 6.45) is 0. The Bertz CT molecular complexity index is 1250. The highest BCUT2D eigenvalue weighted by atomic mass is 13.9.